The Kier molecular flexibility index (Phi) is 6.18. The lowest BCUT2D eigenvalue weighted by Gasteiger charge is -2.31. The van der Waals surface area contributed by atoms with Gasteiger partial charge in [-0.1, -0.05) is 18.2 Å². The summed E-state index contributed by atoms with van der Waals surface area (Å²) in [5.74, 6) is 0.750. The number of benzene rings is 2. The third-order valence-electron chi connectivity index (χ3n) is 4.59. The van der Waals surface area contributed by atoms with Crippen LogP contribution < -0.4 is 4.74 Å². The average molecular weight is 340 g/mol. The highest BCUT2D eigenvalue weighted by atomic mass is 19.1. The normalized spacial score (nSPS) is 15.9. The van der Waals surface area contributed by atoms with Gasteiger partial charge in [-0.3, -0.25) is 4.79 Å². The van der Waals surface area contributed by atoms with Gasteiger partial charge in [0.2, 0.25) is 0 Å². The van der Waals surface area contributed by atoms with E-state index in [2.05, 4.69) is 11.3 Å². The van der Waals surface area contributed by atoms with Crippen LogP contribution >= 0.6 is 0 Å². The molecule has 2 aromatic rings. The summed E-state index contributed by atoms with van der Waals surface area (Å²) in [4.78, 5) is 14.8. The maximum atomic E-state index is 13.0. The number of halogens is 1. The van der Waals surface area contributed by atoms with E-state index in [1.54, 1.807) is 12.1 Å². The van der Waals surface area contributed by atoms with E-state index >= 15 is 0 Å². The Labute approximate surface area is 148 Å². The number of para-hydroxylation sites is 1. The van der Waals surface area contributed by atoms with E-state index in [0.29, 0.717) is 12.2 Å². The van der Waals surface area contributed by atoms with E-state index in [0.717, 1.165) is 38.2 Å². The van der Waals surface area contributed by atoms with Crippen LogP contribution in [0.4, 0.5) is 4.39 Å². The van der Waals surface area contributed by atoms with Crippen LogP contribution in [0.15, 0.2) is 54.6 Å². The number of likely N-dealkylation sites (tertiary alicyclic amines) is 1. The lowest BCUT2D eigenvalue weighted by molar-refractivity contribution is 0.0844. The zero-order chi connectivity index (χ0) is 17.5. The molecular weight excluding hydrogens is 317 g/mol. The van der Waals surface area contributed by atoms with Gasteiger partial charge in [0.1, 0.15) is 11.6 Å². The molecule has 0 saturated carbocycles. The van der Waals surface area contributed by atoms with Crippen molar-refractivity contribution < 1.29 is 13.9 Å². The second-order valence-electron chi connectivity index (χ2n) is 6.36. The molecule has 0 amide bonds. The number of carbonyl (C=O) groups is 1. The fourth-order valence-electron chi connectivity index (χ4n) is 3.13. The number of hydrogen-bond donors (Lipinski definition) is 0. The Balaban J connectivity index is 1.37. The SMILES string of the molecule is O=C(c1ccc(F)cc1)C1CCN(C[CH]COc2ccccc2)CC1. The molecule has 0 spiro atoms. The van der Waals surface area contributed by atoms with Crippen LogP contribution in [0.2, 0.25) is 0 Å². The van der Waals surface area contributed by atoms with Crippen molar-refractivity contribution in [2.45, 2.75) is 12.8 Å². The summed E-state index contributed by atoms with van der Waals surface area (Å²) < 4.78 is 18.6. The van der Waals surface area contributed by atoms with Crippen molar-refractivity contribution >= 4 is 5.78 Å². The molecule has 0 bridgehead atoms. The van der Waals surface area contributed by atoms with E-state index in [9.17, 15) is 9.18 Å². The van der Waals surface area contributed by atoms with Gasteiger partial charge < -0.3 is 9.64 Å². The van der Waals surface area contributed by atoms with Crippen LogP contribution in [0, 0.1) is 18.2 Å². The number of hydrogen-bond acceptors (Lipinski definition) is 3. The molecule has 1 heterocycles. The molecular formula is C21H23FNO2. The smallest absolute Gasteiger partial charge is 0.166 e. The number of Topliss-reactive ketones (excluding diaryl/α,β-unsaturated/α-hetero) is 1. The number of ketones is 1. The van der Waals surface area contributed by atoms with Crippen LogP contribution in [-0.2, 0) is 0 Å². The van der Waals surface area contributed by atoms with Gasteiger partial charge in [0.05, 0.1) is 6.61 Å². The highest BCUT2D eigenvalue weighted by molar-refractivity contribution is 5.97. The van der Waals surface area contributed by atoms with Crippen molar-refractivity contribution in [3.05, 3.63) is 72.4 Å². The van der Waals surface area contributed by atoms with Crippen LogP contribution in [0.5, 0.6) is 5.75 Å². The molecule has 0 unspecified atom stereocenters. The van der Waals surface area contributed by atoms with Gasteiger partial charge >= 0.3 is 0 Å². The summed E-state index contributed by atoms with van der Waals surface area (Å²) >= 11 is 0. The second kappa shape index (κ2) is 8.77. The van der Waals surface area contributed by atoms with E-state index in [1.165, 1.54) is 12.1 Å². The maximum absolute atomic E-state index is 13.0. The third kappa shape index (κ3) is 5.13. The zero-order valence-electron chi connectivity index (χ0n) is 14.2. The molecule has 2 aromatic carbocycles. The minimum Gasteiger partial charge on any atom is -0.493 e. The van der Waals surface area contributed by atoms with Crippen molar-refractivity contribution in [3.8, 4) is 5.75 Å². The lowest BCUT2D eigenvalue weighted by Crippen LogP contribution is -2.37. The predicted molar refractivity (Wildman–Crippen MR) is 96.1 cm³/mol. The second-order valence-corrected chi connectivity index (χ2v) is 6.36. The molecule has 4 heteroatoms. The van der Waals surface area contributed by atoms with Crippen LogP contribution in [0.1, 0.15) is 23.2 Å². The predicted octanol–water partition coefficient (Wildman–Crippen LogP) is 4.00. The van der Waals surface area contributed by atoms with Gasteiger partial charge in [0, 0.05) is 24.4 Å². The van der Waals surface area contributed by atoms with Gasteiger partial charge in [-0.2, -0.15) is 0 Å². The first-order valence-corrected chi connectivity index (χ1v) is 8.74. The third-order valence-corrected chi connectivity index (χ3v) is 4.59. The summed E-state index contributed by atoms with van der Waals surface area (Å²) in [7, 11) is 0. The molecule has 0 atom stereocenters. The largest absolute Gasteiger partial charge is 0.493 e. The molecule has 1 saturated heterocycles. The Morgan fingerprint density at radius 1 is 1.08 bits per heavy atom. The van der Waals surface area contributed by atoms with Gasteiger partial charge in [-0.15, -0.1) is 0 Å². The monoisotopic (exact) mass is 340 g/mol. The van der Waals surface area contributed by atoms with Gasteiger partial charge in [0.15, 0.2) is 5.78 Å². The Hall–Kier alpha value is -2.20. The standard InChI is InChI=1S/C21H23FNO2/c22-19-9-7-17(8-10-19)21(24)18-11-14-23(15-12-18)13-4-16-25-20-5-2-1-3-6-20/h1-10,18H,11-16H2. The molecule has 131 valence electrons. The summed E-state index contributed by atoms with van der Waals surface area (Å²) in [5.41, 5.74) is 0.614. The Morgan fingerprint density at radius 3 is 2.44 bits per heavy atom. The fourth-order valence-corrected chi connectivity index (χ4v) is 3.13. The number of piperidine rings is 1. The Bertz CT molecular complexity index is 664. The van der Waals surface area contributed by atoms with Crippen LogP contribution in [-0.4, -0.2) is 36.9 Å². The number of nitrogens with zero attached hydrogens (tertiary/aromatic N) is 1. The fraction of sp³-hybridized carbons (Fsp3) is 0.333. The quantitative estimate of drug-likeness (QED) is 0.563. The number of rotatable bonds is 7. The van der Waals surface area contributed by atoms with Crippen molar-refractivity contribution in [1.82, 2.24) is 4.90 Å². The van der Waals surface area contributed by atoms with E-state index < -0.39 is 0 Å². The average Bonchev–Trinajstić information content (AvgIpc) is 2.67. The van der Waals surface area contributed by atoms with Crippen molar-refractivity contribution in [1.29, 1.82) is 0 Å². The number of carbonyl (C=O) groups excluding carboxylic acids is 1. The minimum atomic E-state index is -0.306. The zero-order valence-corrected chi connectivity index (χ0v) is 14.2. The summed E-state index contributed by atoms with van der Waals surface area (Å²) in [6.45, 7) is 3.25. The highest BCUT2D eigenvalue weighted by Crippen LogP contribution is 2.22. The molecule has 0 aromatic heterocycles. The molecule has 3 nitrogen and oxygen atoms in total. The first kappa shape index (κ1) is 17.6. The van der Waals surface area contributed by atoms with E-state index in [-0.39, 0.29) is 17.5 Å². The molecule has 0 N–H and O–H groups in total. The molecule has 1 aliphatic rings. The van der Waals surface area contributed by atoms with Crippen molar-refractivity contribution in [3.63, 3.8) is 0 Å². The summed E-state index contributed by atoms with van der Waals surface area (Å²) in [6.07, 6.45) is 3.82. The van der Waals surface area contributed by atoms with Gasteiger partial charge in [-0.05, 0) is 62.3 Å². The Morgan fingerprint density at radius 2 is 1.76 bits per heavy atom. The first-order valence-electron chi connectivity index (χ1n) is 8.74. The molecule has 1 fully saturated rings. The minimum absolute atomic E-state index is 0.0438. The van der Waals surface area contributed by atoms with Crippen molar-refractivity contribution in [2.24, 2.45) is 5.92 Å². The topological polar surface area (TPSA) is 29.5 Å². The van der Waals surface area contributed by atoms with E-state index in [4.69, 9.17) is 4.74 Å². The first-order chi connectivity index (χ1) is 12.2. The highest BCUT2D eigenvalue weighted by Gasteiger charge is 2.25. The van der Waals surface area contributed by atoms with Gasteiger partial charge in [-0.25, -0.2) is 4.39 Å². The van der Waals surface area contributed by atoms with Crippen LogP contribution in [0.25, 0.3) is 0 Å². The van der Waals surface area contributed by atoms with E-state index in [1.807, 2.05) is 30.3 Å². The van der Waals surface area contributed by atoms with Crippen molar-refractivity contribution in [2.75, 3.05) is 26.2 Å². The maximum Gasteiger partial charge on any atom is 0.166 e. The molecule has 1 aliphatic heterocycles. The van der Waals surface area contributed by atoms with Gasteiger partial charge in [0.25, 0.3) is 0 Å². The molecule has 3 rings (SSSR count). The molecule has 1 radical (unpaired) electrons. The molecule has 25 heavy (non-hydrogen) atoms. The summed E-state index contributed by atoms with van der Waals surface area (Å²) in [5, 5.41) is 0. The number of ether oxygens (including phenoxy) is 1. The lowest BCUT2D eigenvalue weighted by atomic mass is 9.89. The summed E-state index contributed by atoms with van der Waals surface area (Å²) in [6, 6.07) is 15.6. The van der Waals surface area contributed by atoms with Crippen LogP contribution in [0.3, 0.4) is 0 Å². The molecule has 0 aliphatic carbocycles.